The minimum atomic E-state index is -0.658. The van der Waals surface area contributed by atoms with Gasteiger partial charge in [0.1, 0.15) is 0 Å². The molecule has 2 aliphatic heterocycles. The number of rotatable bonds is 9. The Morgan fingerprint density at radius 1 is 1.05 bits per heavy atom. The van der Waals surface area contributed by atoms with E-state index in [1.807, 2.05) is 43.3 Å². The van der Waals surface area contributed by atoms with Gasteiger partial charge in [-0.05, 0) is 80.3 Å². The van der Waals surface area contributed by atoms with E-state index >= 15 is 0 Å². The number of aliphatic hydroxyl groups excluding tert-OH is 1. The van der Waals surface area contributed by atoms with E-state index in [1.165, 1.54) is 6.07 Å². The molecule has 0 spiro atoms. The molecule has 3 aromatic rings. The van der Waals surface area contributed by atoms with Crippen molar-refractivity contribution in [3.63, 3.8) is 0 Å². The molecule has 0 aromatic heterocycles. The van der Waals surface area contributed by atoms with Crippen molar-refractivity contribution >= 4 is 40.7 Å². The summed E-state index contributed by atoms with van der Waals surface area (Å²) in [5.74, 6) is -1.42. The zero-order valence-electron chi connectivity index (χ0n) is 22.8. The molecule has 0 fully saturated rings. The van der Waals surface area contributed by atoms with Crippen molar-refractivity contribution in [2.45, 2.75) is 38.9 Å². The number of imide groups is 1. The molecule has 8 nitrogen and oxygen atoms in total. The second-order valence-electron chi connectivity index (χ2n) is 10.0. The maximum absolute atomic E-state index is 13.4. The van der Waals surface area contributed by atoms with Gasteiger partial charge in [-0.2, -0.15) is 0 Å². The van der Waals surface area contributed by atoms with Gasteiger partial charge in [-0.3, -0.25) is 14.4 Å². The maximum atomic E-state index is 13.4. The fraction of sp³-hybridized carbons (Fsp3) is 0.281. The normalized spacial score (nSPS) is 20.0. The smallest absolute Gasteiger partial charge is 0.290 e. The van der Waals surface area contributed by atoms with Crippen molar-refractivity contribution in [3.8, 4) is 0 Å². The van der Waals surface area contributed by atoms with Gasteiger partial charge in [0.25, 0.3) is 17.7 Å². The average Bonchev–Trinajstić information content (AvgIpc) is 3.21. The second kappa shape index (κ2) is 12.3. The number of carbonyl (C=O) groups excluding carboxylic acids is 3. The van der Waals surface area contributed by atoms with Gasteiger partial charge in [-0.1, -0.05) is 41.9 Å². The molecule has 41 heavy (non-hydrogen) atoms. The summed E-state index contributed by atoms with van der Waals surface area (Å²) >= 11 is 6.04. The van der Waals surface area contributed by atoms with E-state index in [2.05, 4.69) is 5.32 Å². The maximum Gasteiger partial charge on any atom is 0.290 e. The van der Waals surface area contributed by atoms with Gasteiger partial charge in [0.15, 0.2) is 5.76 Å². The lowest BCUT2D eigenvalue weighted by Crippen LogP contribution is -2.37. The Kier molecular flexibility index (Phi) is 8.54. The summed E-state index contributed by atoms with van der Waals surface area (Å²) in [5.41, 5.74) is 3.11. The first-order valence-electron chi connectivity index (χ1n) is 13.6. The largest absolute Gasteiger partial charge is 0.459 e. The van der Waals surface area contributed by atoms with Gasteiger partial charge >= 0.3 is 0 Å². The minimum absolute atomic E-state index is 0.0533. The molecule has 2 N–H and O–H groups in total. The molecule has 3 amide bonds. The number of halogens is 1. The van der Waals surface area contributed by atoms with Gasteiger partial charge in [-0.25, -0.2) is 4.90 Å². The van der Waals surface area contributed by atoms with Crippen LogP contribution in [0.25, 0.3) is 0 Å². The molecule has 3 aromatic carbocycles. The number of anilines is 2. The van der Waals surface area contributed by atoms with Crippen LogP contribution in [0.2, 0.25) is 5.02 Å². The summed E-state index contributed by atoms with van der Waals surface area (Å²) in [6, 6.07) is 19.4. The lowest BCUT2D eigenvalue weighted by atomic mass is 9.80. The number of allylic oxidation sites excluding steroid dienone is 1. The van der Waals surface area contributed by atoms with Gasteiger partial charge in [0.05, 0.1) is 16.8 Å². The van der Waals surface area contributed by atoms with Crippen LogP contribution in [0.15, 0.2) is 78.6 Å². The summed E-state index contributed by atoms with van der Waals surface area (Å²) in [4.78, 5) is 40.6. The first kappa shape index (κ1) is 28.5. The number of aryl methyl sites for hydroxylation is 1. The fourth-order valence-corrected chi connectivity index (χ4v) is 5.60. The highest BCUT2D eigenvalue weighted by atomic mass is 35.5. The molecule has 3 atom stereocenters. The van der Waals surface area contributed by atoms with Crippen LogP contribution in [-0.2, 0) is 14.3 Å². The van der Waals surface area contributed by atoms with E-state index in [1.54, 1.807) is 37.3 Å². The lowest BCUT2D eigenvalue weighted by molar-refractivity contribution is -0.165. The summed E-state index contributed by atoms with van der Waals surface area (Å²) in [5, 5.41) is 12.7. The third-order valence-electron chi connectivity index (χ3n) is 7.36. The molecule has 212 valence electrons. The third-order valence-corrected chi connectivity index (χ3v) is 7.60. The van der Waals surface area contributed by atoms with Crippen molar-refractivity contribution in [1.82, 2.24) is 0 Å². The van der Waals surface area contributed by atoms with E-state index in [0.29, 0.717) is 47.0 Å². The van der Waals surface area contributed by atoms with Gasteiger partial charge < -0.3 is 19.9 Å². The highest BCUT2D eigenvalue weighted by Gasteiger charge is 2.39. The van der Waals surface area contributed by atoms with Crippen LogP contribution in [0, 0.1) is 12.8 Å². The third kappa shape index (κ3) is 5.77. The SMILES string of the molecule is CCO[C@@H]1OC(C(=O)Nc2ccc(N3C(=O)c4ccc(Cl)cc4C3=O)c(C)c2)=C[C@H](c2ccccc2)[C@H]1CCCO. The van der Waals surface area contributed by atoms with Crippen LogP contribution in [0.4, 0.5) is 11.4 Å². The van der Waals surface area contributed by atoms with Crippen LogP contribution in [0.3, 0.4) is 0 Å². The second-order valence-corrected chi connectivity index (χ2v) is 10.5. The van der Waals surface area contributed by atoms with Crippen molar-refractivity contribution in [2.24, 2.45) is 5.92 Å². The zero-order chi connectivity index (χ0) is 29.1. The molecular formula is C32H31ClN2O6. The Bertz CT molecular complexity index is 1510. The number of hydrogen-bond acceptors (Lipinski definition) is 6. The number of hydrogen-bond donors (Lipinski definition) is 2. The number of ether oxygens (including phenoxy) is 2. The number of nitrogens with zero attached hydrogens (tertiary/aromatic N) is 1. The van der Waals surface area contributed by atoms with Crippen LogP contribution < -0.4 is 10.2 Å². The summed E-state index contributed by atoms with van der Waals surface area (Å²) in [6.45, 7) is 4.09. The van der Waals surface area contributed by atoms with Gasteiger partial charge in [0, 0.05) is 35.8 Å². The van der Waals surface area contributed by atoms with Crippen molar-refractivity contribution in [2.75, 3.05) is 23.4 Å². The molecule has 0 saturated carbocycles. The number of fused-ring (bicyclic) bond motifs is 1. The molecule has 0 aliphatic carbocycles. The molecule has 9 heteroatoms. The summed E-state index contributed by atoms with van der Waals surface area (Å²) < 4.78 is 12.0. The summed E-state index contributed by atoms with van der Waals surface area (Å²) in [7, 11) is 0. The lowest BCUT2D eigenvalue weighted by Gasteiger charge is -2.37. The van der Waals surface area contributed by atoms with Crippen molar-refractivity contribution in [1.29, 1.82) is 0 Å². The molecule has 0 unspecified atom stereocenters. The monoisotopic (exact) mass is 574 g/mol. The van der Waals surface area contributed by atoms with Crippen LogP contribution in [0.1, 0.15) is 57.5 Å². The van der Waals surface area contributed by atoms with Crippen LogP contribution >= 0.6 is 11.6 Å². The number of carbonyl (C=O) groups is 3. The first-order valence-corrected chi connectivity index (χ1v) is 14.0. The fourth-order valence-electron chi connectivity index (χ4n) is 5.43. The highest BCUT2D eigenvalue weighted by Crippen LogP contribution is 2.40. The molecule has 0 bridgehead atoms. The molecular weight excluding hydrogens is 544 g/mol. The zero-order valence-corrected chi connectivity index (χ0v) is 23.6. The standard InChI is InChI=1S/C32H31ClN2O6/c1-3-40-32-24(10-7-15-36)25(20-8-5-4-6-9-20)18-28(41-32)29(37)34-22-12-14-27(19(2)16-22)35-30(38)23-13-11-21(33)17-26(23)31(35)39/h4-6,8-9,11-14,16-18,24-25,32,36H,3,7,10,15H2,1-2H3,(H,34,37)/t24-,25-,32-/m1/s1. The first-order chi connectivity index (χ1) is 19.8. The van der Waals surface area contributed by atoms with Crippen LogP contribution in [-0.4, -0.2) is 42.3 Å². The Balaban J connectivity index is 1.39. The number of benzene rings is 3. The Labute approximate surface area is 243 Å². The Morgan fingerprint density at radius 2 is 1.80 bits per heavy atom. The van der Waals surface area contributed by atoms with Crippen LogP contribution in [0.5, 0.6) is 0 Å². The van der Waals surface area contributed by atoms with E-state index in [-0.39, 0.29) is 29.8 Å². The van der Waals surface area contributed by atoms with E-state index in [0.717, 1.165) is 10.5 Å². The van der Waals surface area contributed by atoms with Gasteiger partial charge in [0.2, 0.25) is 6.29 Å². The molecule has 5 rings (SSSR count). The molecule has 2 aliphatic rings. The minimum Gasteiger partial charge on any atom is -0.459 e. The van der Waals surface area contributed by atoms with Gasteiger partial charge in [-0.15, -0.1) is 0 Å². The topological polar surface area (TPSA) is 105 Å². The van der Waals surface area contributed by atoms with E-state index < -0.39 is 24.0 Å². The van der Waals surface area contributed by atoms with Crippen molar-refractivity contribution < 1.29 is 29.0 Å². The summed E-state index contributed by atoms with van der Waals surface area (Å²) in [6.07, 6.45) is 2.40. The highest BCUT2D eigenvalue weighted by molar-refractivity contribution is 6.37. The molecule has 0 saturated heterocycles. The predicted octanol–water partition coefficient (Wildman–Crippen LogP) is 5.84. The predicted molar refractivity (Wildman–Crippen MR) is 156 cm³/mol. The van der Waals surface area contributed by atoms with E-state index in [9.17, 15) is 19.5 Å². The number of amides is 3. The molecule has 2 heterocycles. The number of aliphatic hydroxyl groups is 1. The average molecular weight is 575 g/mol. The van der Waals surface area contributed by atoms with E-state index in [4.69, 9.17) is 21.1 Å². The number of nitrogens with one attached hydrogen (secondary N) is 1. The Morgan fingerprint density at radius 3 is 2.51 bits per heavy atom. The van der Waals surface area contributed by atoms with Crippen molar-refractivity contribution in [3.05, 3.63) is 106 Å². The Hall–Kier alpha value is -3.98. The molecule has 0 radical (unpaired) electrons. The quantitative estimate of drug-likeness (QED) is 0.311.